The summed E-state index contributed by atoms with van der Waals surface area (Å²) in [6, 6.07) is 23.5. The molecule has 3 aromatic rings. The number of rotatable bonds is 6. The van der Waals surface area contributed by atoms with Gasteiger partial charge in [-0.1, -0.05) is 66.7 Å². The van der Waals surface area contributed by atoms with E-state index in [0.29, 0.717) is 19.6 Å². The largest absolute Gasteiger partial charge is 0.352 e. The third kappa shape index (κ3) is 5.52. The van der Waals surface area contributed by atoms with E-state index in [4.69, 9.17) is 0 Å². The van der Waals surface area contributed by atoms with E-state index in [1.807, 2.05) is 77.7 Å². The van der Waals surface area contributed by atoms with E-state index in [9.17, 15) is 9.59 Å². The number of hydrogen-bond donors (Lipinski definition) is 2. The molecular weight excluding hydrogens is 400 g/mol. The lowest BCUT2D eigenvalue weighted by molar-refractivity contribution is -0.126. The predicted octanol–water partition coefficient (Wildman–Crippen LogP) is 4.06. The van der Waals surface area contributed by atoms with E-state index in [1.165, 1.54) is 0 Å². The Morgan fingerprint density at radius 2 is 1.53 bits per heavy atom. The van der Waals surface area contributed by atoms with E-state index in [2.05, 4.69) is 15.6 Å². The van der Waals surface area contributed by atoms with Gasteiger partial charge < -0.3 is 15.5 Å². The number of likely N-dealkylation sites (tertiary alicyclic amines) is 1. The summed E-state index contributed by atoms with van der Waals surface area (Å²) in [5, 5.41) is 6.04. The SMILES string of the molecule is O=C(NCc1cccnc1)[C@@H]1CC[C@H](c2ccccc2)N(C(=O)NCc2ccccc2)C1. The maximum absolute atomic E-state index is 13.2. The monoisotopic (exact) mass is 428 g/mol. The van der Waals surface area contributed by atoms with Gasteiger partial charge in [-0.3, -0.25) is 9.78 Å². The number of pyridine rings is 1. The molecule has 6 nitrogen and oxygen atoms in total. The first-order valence-corrected chi connectivity index (χ1v) is 11.0. The molecule has 2 N–H and O–H groups in total. The van der Waals surface area contributed by atoms with Crippen LogP contribution in [0.15, 0.2) is 85.2 Å². The lowest BCUT2D eigenvalue weighted by Gasteiger charge is -2.39. The molecule has 3 amide bonds. The second-order valence-electron chi connectivity index (χ2n) is 8.08. The summed E-state index contributed by atoms with van der Waals surface area (Å²) in [5.74, 6) is -0.268. The fourth-order valence-electron chi connectivity index (χ4n) is 4.14. The Bertz CT molecular complexity index is 1010. The van der Waals surface area contributed by atoms with Gasteiger partial charge in [0.15, 0.2) is 0 Å². The first-order chi connectivity index (χ1) is 15.7. The summed E-state index contributed by atoms with van der Waals surface area (Å²) in [6.45, 7) is 1.28. The van der Waals surface area contributed by atoms with Gasteiger partial charge in [0.2, 0.25) is 5.91 Å². The summed E-state index contributed by atoms with van der Waals surface area (Å²) in [4.78, 5) is 32.0. The Morgan fingerprint density at radius 1 is 0.844 bits per heavy atom. The highest BCUT2D eigenvalue weighted by molar-refractivity contribution is 5.81. The van der Waals surface area contributed by atoms with Crippen molar-refractivity contribution in [3.8, 4) is 0 Å². The van der Waals surface area contributed by atoms with Crippen molar-refractivity contribution >= 4 is 11.9 Å². The van der Waals surface area contributed by atoms with Gasteiger partial charge >= 0.3 is 6.03 Å². The Kier molecular flexibility index (Phi) is 7.12. The fraction of sp³-hybridized carbons (Fsp3) is 0.269. The number of nitrogens with zero attached hydrogens (tertiary/aromatic N) is 2. The molecule has 0 radical (unpaired) electrons. The first kappa shape index (κ1) is 21.6. The van der Waals surface area contributed by atoms with Gasteiger partial charge in [0.1, 0.15) is 0 Å². The maximum Gasteiger partial charge on any atom is 0.318 e. The molecule has 1 fully saturated rings. The highest BCUT2D eigenvalue weighted by Crippen LogP contribution is 2.33. The minimum atomic E-state index is -0.242. The van der Waals surface area contributed by atoms with Gasteiger partial charge in [-0.25, -0.2) is 4.79 Å². The lowest BCUT2D eigenvalue weighted by atomic mass is 9.88. The minimum absolute atomic E-state index is 0.0266. The van der Waals surface area contributed by atoms with Crippen molar-refractivity contribution < 1.29 is 9.59 Å². The second kappa shape index (κ2) is 10.6. The number of nitrogens with one attached hydrogen (secondary N) is 2. The summed E-state index contributed by atoms with van der Waals surface area (Å²) in [6.07, 6.45) is 4.94. The fourth-order valence-corrected chi connectivity index (χ4v) is 4.14. The third-order valence-corrected chi connectivity index (χ3v) is 5.87. The van der Waals surface area contributed by atoms with Crippen LogP contribution in [-0.4, -0.2) is 28.4 Å². The number of hydrogen-bond acceptors (Lipinski definition) is 3. The van der Waals surface area contributed by atoms with Crippen molar-refractivity contribution in [3.63, 3.8) is 0 Å². The number of amides is 3. The van der Waals surface area contributed by atoms with Crippen LogP contribution in [0.3, 0.4) is 0 Å². The van der Waals surface area contributed by atoms with E-state index < -0.39 is 0 Å². The Balaban J connectivity index is 1.43. The van der Waals surface area contributed by atoms with Crippen molar-refractivity contribution in [1.82, 2.24) is 20.5 Å². The maximum atomic E-state index is 13.2. The molecule has 164 valence electrons. The molecule has 0 unspecified atom stereocenters. The van der Waals surface area contributed by atoms with Crippen LogP contribution in [0.25, 0.3) is 0 Å². The zero-order valence-electron chi connectivity index (χ0n) is 18.0. The van der Waals surface area contributed by atoms with Crippen LogP contribution in [0.4, 0.5) is 4.79 Å². The van der Waals surface area contributed by atoms with Crippen LogP contribution >= 0.6 is 0 Å². The molecular formula is C26H28N4O2. The molecule has 2 heterocycles. The Morgan fingerprint density at radius 3 is 2.25 bits per heavy atom. The zero-order valence-corrected chi connectivity index (χ0v) is 18.0. The average Bonchev–Trinajstić information content (AvgIpc) is 2.87. The van der Waals surface area contributed by atoms with Crippen molar-refractivity contribution in [2.45, 2.75) is 32.0 Å². The van der Waals surface area contributed by atoms with Gasteiger partial charge in [0.05, 0.1) is 12.0 Å². The molecule has 1 aliphatic rings. The standard InChI is InChI=1S/C26H28N4O2/c31-25(28-18-21-10-7-15-27-16-21)23-13-14-24(22-11-5-2-6-12-22)30(19-23)26(32)29-17-20-8-3-1-4-9-20/h1-12,15-16,23-24H,13-14,17-19H2,(H,28,31)(H,29,32)/t23-,24-/m1/s1. The van der Waals surface area contributed by atoms with Crippen LogP contribution in [0.2, 0.25) is 0 Å². The highest BCUT2D eigenvalue weighted by Gasteiger charge is 2.35. The van der Waals surface area contributed by atoms with Gasteiger partial charge in [-0.05, 0) is 35.6 Å². The molecule has 2 aromatic carbocycles. The normalized spacial score (nSPS) is 18.1. The van der Waals surface area contributed by atoms with Crippen molar-refractivity contribution in [3.05, 3.63) is 102 Å². The lowest BCUT2D eigenvalue weighted by Crippen LogP contribution is -2.50. The number of carbonyl (C=O) groups is 2. The van der Waals surface area contributed by atoms with Gasteiger partial charge in [0.25, 0.3) is 0 Å². The summed E-state index contributed by atoms with van der Waals surface area (Å²) in [5.41, 5.74) is 3.09. The van der Waals surface area contributed by atoms with E-state index in [-0.39, 0.29) is 23.9 Å². The van der Waals surface area contributed by atoms with Crippen LogP contribution < -0.4 is 10.6 Å². The molecule has 0 aliphatic carbocycles. The van der Waals surface area contributed by atoms with E-state index in [0.717, 1.165) is 29.5 Å². The number of carbonyl (C=O) groups excluding carboxylic acids is 2. The molecule has 0 bridgehead atoms. The molecule has 1 aliphatic heterocycles. The molecule has 1 saturated heterocycles. The minimum Gasteiger partial charge on any atom is -0.352 e. The van der Waals surface area contributed by atoms with Crippen LogP contribution in [0, 0.1) is 5.92 Å². The number of aromatic nitrogens is 1. The van der Waals surface area contributed by atoms with E-state index in [1.54, 1.807) is 12.4 Å². The number of urea groups is 1. The second-order valence-corrected chi connectivity index (χ2v) is 8.08. The third-order valence-electron chi connectivity index (χ3n) is 5.87. The quantitative estimate of drug-likeness (QED) is 0.622. The first-order valence-electron chi connectivity index (χ1n) is 11.0. The van der Waals surface area contributed by atoms with Gasteiger partial charge in [-0.2, -0.15) is 0 Å². The molecule has 32 heavy (non-hydrogen) atoms. The molecule has 0 saturated carbocycles. The Labute approximate surface area is 188 Å². The van der Waals surface area contributed by atoms with Gasteiger partial charge in [0, 0.05) is 32.0 Å². The molecule has 0 spiro atoms. The Hall–Kier alpha value is -3.67. The van der Waals surface area contributed by atoms with E-state index >= 15 is 0 Å². The van der Waals surface area contributed by atoms with Crippen LogP contribution in [0.5, 0.6) is 0 Å². The topological polar surface area (TPSA) is 74.3 Å². The van der Waals surface area contributed by atoms with Crippen molar-refractivity contribution in [1.29, 1.82) is 0 Å². The number of piperidine rings is 1. The van der Waals surface area contributed by atoms with Crippen molar-refractivity contribution in [2.24, 2.45) is 5.92 Å². The highest BCUT2D eigenvalue weighted by atomic mass is 16.2. The van der Waals surface area contributed by atoms with Gasteiger partial charge in [-0.15, -0.1) is 0 Å². The molecule has 6 heteroatoms. The smallest absolute Gasteiger partial charge is 0.318 e. The molecule has 4 rings (SSSR count). The van der Waals surface area contributed by atoms with Crippen LogP contribution in [-0.2, 0) is 17.9 Å². The zero-order chi connectivity index (χ0) is 22.2. The summed E-state index contributed by atoms with van der Waals surface area (Å²) >= 11 is 0. The molecule has 1 aromatic heterocycles. The summed E-state index contributed by atoms with van der Waals surface area (Å²) < 4.78 is 0. The average molecular weight is 429 g/mol. The number of benzene rings is 2. The van der Waals surface area contributed by atoms with Crippen LogP contribution in [0.1, 0.15) is 35.6 Å². The summed E-state index contributed by atoms with van der Waals surface area (Å²) in [7, 11) is 0. The predicted molar refractivity (Wildman–Crippen MR) is 123 cm³/mol. The van der Waals surface area contributed by atoms with Crippen molar-refractivity contribution in [2.75, 3.05) is 6.54 Å². The molecule has 2 atom stereocenters.